The molecule has 3 N–H and O–H groups in total. The van der Waals surface area contributed by atoms with Crippen LogP contribution in [0.1, 0.15) is 41.2 Å². The molecule has 34 heavy (non-hydrogen) atoms. The van der Waals surface area contributed by atoms with Crippen LogP contribution in [0.15, 0.2) is 72.8 Å². The quantitative estimate of drug-likeness (QED) is 0.375. The smallest absolute Gasteiger partial charge is 0.255 e. The summed E-state index contributed by atoms with van der Waals surface area (Å²) >= 11 is 0. The average molecular weight is 460 g/mol. The fourth-order valence-corrected chi connectivity index (χ4v) is 4.28. The lowest BCUT2D eigenvalue weighted by Crippen LogP contribution is -2.32. The normalized spacial score (nSPS) is 12.5. The highest BCUT2D eigenvalue weighted by atomic mass is 16.5. The Morgan fingerprint density at radius 3 is 2.15 bits per heavy atom. The lowest BCUT2D eigenvalue weighted by atomic mass is 9.85. The Hall–Kier alpha value is -3.68. The first-order chi connectivity index (χ1) is 16.4. The number of amides is 1. The molecule has 0 fully saturated rings. The van der Waals surface area contributed by atoms with Gasteiger partial charge in [-0.1, -0.05) is 60.7 Å². The van der Waals surface area contributed by atoms with Crippen LogP contribution in [-0.4, -0.2) is 45.4 Å². The second kappa shape index (κ2) is 9.67. The summed E-state index contributed by atoms with van der Waals surface area (Å²) in [4.78, 5) is 17.7. The second-order valence-corrected chi connectivity index (χ2v) is 8.20. The molecular formula is C27H29N3O4. The van der Waals surface area contributed by atoms with Crippen LogP contribution in [0.25, 0.3) is 11.0 Å². The summed E-state index contributed by atoms with van der Waals surface area (Å²) in [6.07, 6.45) is -0.668. The maximum atomic E-state index is 12.8. The number of nitrogens with zero attached hydrogens (tertiary/aromatic N) is 2. The summed E-state index contributed by atoms with van der Waals surface area (Å²) in [5.41, 5.74) is 1.39. The van der Waals surface area contributed by atoms with Crippen LogP contribution in [0.2, 0.25) is 0 Å². The van der Waals surface area contributed by atoms with Gasteiger partial charge in [0.15, 0.2) is 17.2 Å². The van der Waals surface area contributed by atoms with Crippen LogP contribution in [-0.2, 0) is 12.1 Å². The van der Waals surface area contributed by atoms with Gasteiger partial charge in [0.2, 0.25) is 0 Å². The molecule has 4 rings (SSSR count). The SMILES string of the molecule is CCn1c(C(O)(c2ccccc2)c2ccccc2)nc2ccc(C(=O)NC[C@@H](C)O)c(OC)c21. The number of aliphatic hydroxyl groups excluding tert-OH is 1. The van der Waals surface area contributed by atoms with E-state index in [2.05, 4.69) is 5.32 Å². The molecule has 0 spiro atoms. The van der Waals surface area contributed by atoms with Gasteiger partial charge in [0.25, 0.3) is 5.91 Å². The molecule has 4 aromatic rings. The first-order valence-electron chi connectivity index (χ1n) is 11.3. The highest BCUT2D eigenvalue weighted by molar-refractivity contribution is 6.02. The highest BCUT2D eigenvalue weighted by Gasteiger charge is 2.39. The molecule has 0 unspecified atom stereocenters. The molecule has 7 nitrogen and oxygen atoms in total. The predicted molar refractivity (Wildman–Crippen MR) is 131 cm³/mol. The number of carbonyl (C=O) groups is 1. The monoisotopic (exact) mass is 459 g/mol. The van der Waals surface area contributed by atoms with Crippen LogP contribution >= 0.6 is 0 Å². The van der Waals surface area contributed by atoms with Crippen molar-refractivity contribution in [3.8, 4) is 5.75 Å². The third kappa shape index (κ3) is 4.04. The van der Waals surface area contributed by atoms with Gasteiger partial charge in [-0.05, 0) is 37.1 Å². The van der Waals surface area contributed by atoms with Crippen molar-refractivity contribution in [1.29, 1.82) is 0 Å². The fourth-order valence-electron chi connectivity index (χ4n) is 4.28. The van der Waals surface area contributed by atoms with Gasteiger partial charge in [0.05, 0.1) is 24.3 Å². The number of ether oxygens (including phenoxy) is 1. The summed E-state index contributed by atoms with van der Waals surface area (Å²) in [6, 6.07) is 22.2. The molecule has 1 atom stereocenters. The first-order valence-corrected chi connectivity index (χ1v) is 11.3. The summed E-state index contributed by atoms with van der Waals surface area (Å²) in [6.45, 7) is 4.18. The Morgan fingerprint density at radius 1 is 1.06 bits per heavy atom. The van der Waals surface area contributed by atoms with Gasteiger partial charge in [0.1, 0.15) is 5.52 Å². The number of carbonyl (C=O) groups excluding carboxylic acids is 1. The van der Waals surface area contributed by atoms with Crippen LogP contribution in [0, 0.1) is 0 Å². The van der Waals surface area contributed by atoms with Crippen molar-refractivity contribution >= 4 is 16.9 Å². The molecule has 1 heterocycles. The van der Waals surface area contributed by atoms with Crippen molar-refractivity contribution in [3.05, 3.63) is 95.3 Å². The number of hydrogen-bond acceptors (Lipinski definition) is 5. The summed E-state index contributed by atoms with van der Waals surface area (Å²) < 4.78 is 7.59. The molecule has 0 saturated carbocycles. The highest BCUT2D eigenvalue weighted by Crippen LogP contribution is 2.40. The van der Waals surface area contributed by atoms with Crippen molar-refractivity contribution in [3.63, 3.8) is 0 Å². The van der Waals surface area contributed by atoms with Crippen molar-refractivity contribution in [2.45, 2.75) is 32.1 Å². The van der Waals surface area contributed by atoms with Gasteiger partial charge < -0.3 is 24.8 Å². The zero-order valence-electron chi connectivity index (χ0n) is 19.5. The van der Waals surface area contributed by atoms with Gasteiger partial charge in [-0.25, -0.2) is 4.98 Å². The summed E-state index contributed by atoms with van der Waals surface area (Å²) in [5, 5.41) is 24.6. The molecular weight excluding hydrogens is 430 g/mol. The molecule has 0 aliphatic carbocycles. The van der Waals surface area contributed by atoms with E-state index in [4.69, 9.17) is 9.72 Å². The van der Waals surface area contributed by atoms with Crippen LogP contribution in [0.3, 0.4) is 0 Å². The van der Waals surface area contributed by atoms with Crippen LogP contribution in [0.4, 0.5) is 0 Å². The molecule has 176 valence electrons. The number of rotatable bonds is 8. The molecule has 1 aromatic heterocycles. The molecule has 3 aromatic carbocycles. The Bertz CT molecular complexity index is 1240. The Morgan fingerprint density at radius 2 is 1.65 bits per heavy atom. The standard InChI is InChI=1S/C27H29N3O4/c1-4-30-23-22(16-15-21(24(23)34-3)25(32)28-17-18(2)31)29-26(30)27(33,19-11-7-5-8-12-19)20-13-9-6-10-14-20/h5-16,18,31,33H,4,17H2,1-3H3,(H,28,32)/t18-/m1/s1. The van der Waals surface area contributed by atoms with E-state index >= 15 is 0 Å². The van der Waals surface area contributed by atoms with Gasteiger partial charge in [0, 0.05) is 13.1 Å². The summed E-state index contributed by atoms with van der Waals surface area (Å²) in [7, 11) is 1.51. The third-order valence-electron chi connectivity index (χ3n) is 5.89. The van der Waals surface area contributed by atoms with Gasteiger partial charge in [-0.3, -0.25) is 4.79 Å². The lowest BCUT2D eigenvalue weighted by Gasteiger charge is -2.29. The van der Waals surface area contributed by atoms with Crippen molar-refractivity contribution in [1.82, 2.24) is 14.9 Å². The van der Waals surface area contributed by atoms with Gasteiger partial charge in [-0.15, -0.1) is 0 Å². The Balaban J connectivity index is 1.98. The molecule has 1 amide bonds. The minimum atomic E-state index is -1.53. The first kappa shape index (κ1) is 23.5. The number of aromatic nitrogens is 2. The minimum Gasteiger partial charge on any atom is -0.494 e. The van der Waals surface area contributed by atoms with E-state index in [1.807, 2.05) is 72.2 Å². The molecule has 0 aliphatic rings. The van der Waals surface area contributed by atoms with Crippen molar-refractivity contribution in [2.24, 2.45) is 0 Å². The number of hydrogen-bond donors (Lipinski definition) is 3. The Kier molecular flexibility index (Phi) is 6.68. The molecule has 0 radical (unpaired) electrons. The van der Waals surface area contributed by atoms with Crippen LogP contribution in [0.5, 0.6) is 5.75 Å². The molecule has 0 saturated heterocycles. The van der Waals surface area contributed by atoms with Crippen LogP contribution < -0.4 is 10.1 Å². The number of fused-ring (bicyclic) bond motifs is 1. The molecule has 0 bridgehead atoms. The van der Waals surface area contributed by atoms with E-state index in [0.29, 0.717) is 45.8 Å². The van der Waals surface area contributed by atoms with E-state index in [-0.39, 0.29) is 12.5 Å². The maximum absolute atomic E-state index is 12.8. The fraction of sp³-hybridized carbons (Fsp3) is 0.259. The second-order valence-electron chi connectivity index (χ2n) is 8.20. The number of nitrogens with one attached hydrogen (secondary N) is 1. The number of benzene rings is 3. The largest absolute Gasteiger partial charge is 0.494 e. The van der Waals surface area contributed by atoms with Gasteiger partial charge in [-0.2, -0.15) is 0 Å². The third-order valence-corrected chi connectivity index (χ3v) is 5.89. The van der Waals surface area contributed by atoms with E-state index in [9.17, 15) is 15.0 Å². The minimum absolute atomic E-state index is 0.125. The molecule has 0 aliphatic heterocycles. The van der Waals surface area contributed by atoms with E-state index < -0.39 is 11.7 Å². The number of methoxy groups -OCH3 is 1. The lowest BCUT2D eigenvalue weighted by molar-refractivity contribution is 0.0921. The van der Waals surface area contributed by atoms with E-state index in [1.54, 1.807) is 19.1 Å². The number of aliphatic hydroxyl groups is 2. The molecule has 7 heteroatoms. The maximum Gasteiger partial charge on any atom is 0.255 e. The topological polar surface area (TPSA) is 96.6 Å². The number of aryl methyl sites for hydroxylation is 1. The van der Waals surface area contributed by atoms with Crippen molar-refractivity contribution < 1.29 is 19.7 Å². The van der Waals surface area contributed by atoms with Gasteiger partial charge >= 0.3 is 0 Å². The zero-order valence-corrected chi connectivity index (χ0v) is 19.5. The van der Waals surface area contributed by atoms with E-state index in [1.165, 1.54) is 7.11 Å². The summed E-state index contributed by atoms with van der Waals surface area (Å²) in [5.74, 6) is 0.443. The predicted octanol–water partition coefficient (Wildman–Crippen LogP) is 3.46. The average Bonchev–Trinajstić information content (AvgIpc) is 3.26. The van der Waals surface area contributed by atoms with E-state index in [0.717, 1.165) is 0 Å². The zero-order chi connectivity index (χ0) is 24.3. The van der Waals surface area contributed by atoms with Crippen molar-refractivity contribution in [2.75, 3.05) is 13.7 Å². The Labute approximate surface area is 198 Å². The number of imidazole rings is 1.